The minimum absolute atomic E-state index is 0.127. The van der Waals surface area contributed by atoms with Crippen molar-refractivity contribution in [3.05, 3.63) is 29.2 Å². The van der Waals surface area contributed by atoms with E-state index >= 15 is 0 Å². The molecule has 102 valence electrons. The smallest absolute Gasteiger partial charge is 0.250 e. The van der Waals surface area contributed by atoms with E-state index in [-0.39, 0.29) is 29.9 Å². The monoisotopic (exact) mass is 270 g/mol. The zero-order chi connectivity index (χ0) is 13.8. The van der Waals surface area contributed by atoms with Gasteiger partial charge in [0.05, 0.1) is 11.8 Å². The number of aromatic nitrogens is 4. The third-order valence-corrected chi connectivity index (χ3v) is 3.31. The summed E-state index contributed by atoms with van der Waals surface area (Å²) in [7, 11) is 1.52. The van der Waals surface area contributed by atoms with E-state index in [1.165, 1.54) is 16.4 Å². The highest BCUT2D eigenvalue weighted by Gasteiger charge is 2.51. The van der Waals surface area contributed by atoms with Gasteiger partial charge in [-0.15, -0.1) is 0 Å². The molecule has 1 fully saturated rings. The summed E-state index contributed by atoms with van der Waals surface area (Å²) in [5.41, 5.74) is -1.35. The average Bonchev–Trinajstić information content (AvgIpc) is 2.79. The highest BCUT2D eigenvalue weighted by atomic mass is 19.3. The Morgan fingerprint density at radius 1 is 1.37 bits per heavy atom. The summed E-state index contributed by atoms with van der Waals surface area (Å²) < 4.78 is 43.3. The first-order chi connectivity index (χ1) is 8.92. The van der Waals surface area contributed by atoms with Crippen LogP contribution in [-0.4, -0.2) is 19.6 Å². The van der Waals surface area contributed by atoms with Gasteiger partial charge in [0, 0.05) is 13.2 Å². The number of nitrogens with zero attached hydrogens (tertiary/aromatic N) is 4. The van der Waals surface area contributed by atoms with Crippen molar-refractivity contribution in [3.63, 3.8) is 0 Å². The number of halogens is 3. The van der Waals surface area contributed by atoms with Gasteiger partial charge in [-0.1, -0.05) is 0 Å². The summed E-state index contributed by atoms with van der Waals surface area (Å²) in [6.07, 6.45) is 0.897. The molecule has 0 saturated heterocycles. The topological polar surface area (TPSA) is 35.6 Å². The van der Waals surface area contributed by atoms with Crippen LogP contribution in [0.25, 0.3) is 5.82 Å². The van der Waals surface area contributed by atoms with Crippen molar-refractivity contribution in [2.45, 2.75) is 31.9 Å². The van der Waals surface area contributed by atoms with Gasteiger partial charge in [0.15, 0.2) is 11.5 Å². The molecule has 0 unspecified atom stereocenters. The maximum Gasteiger partial charge on any atom is 0.269 e. The molecule has 0 N–H and O–H groups in total. The van der Waals surface area contributed by atoms with Crippen molar-refractivity contribution in [1.29, 1.82) is 0 Å². The molecule has 0 spiro atoms. The van der Waals surface area contributed by atoms with Crippen LogP contribution >= 0.6 is 0 Å². The molecular weight excluding hydrogens is 257 g/mol. The Morgan fingerprint density at radius 3 is 2.53 bits per heavy atom. The van der Waals surface area contributed by atoms with Crippen LogP contribution in [0.4, 0.5) is 13.2 Å². The van der Waals surface area contributed by atoms with Gasteiger partial charge in [-0.2, -0.15) is 10.2 Å². The number of aryl methyl sites for hydroxylation is 2. The van der Waals surface area contributed by atoms with Gasteiger partial charge in [0.2, 0.25) is 0 Å². The normalized spacial score (nSPS) is 17.2. The van der Waals surface area contributed by atoms with Crippen LogP contribution in [0.1, 0.15) is 36.1 Å². The van der Waals surface area contributed by atoms with Crippen molar-refractivity contribution in [3.8, 4) is 5.82 Å². The number of alkyl halides is 3. The molecule has 7 heteroatoms. The van der Waals surface area contributed by atoms with E-state index in [0.717, 1.165) is 5.56 Å². The van der Waals surface area contributed by atoms with Crippen molar-refractivity contribution >= 4 is 0 Å². The summed E-state index contributed by atoms with van der Waals surface area (Å²) in [5.74, 6) is 0.127. The summed E-state index contributed by atoms with van der Waals surface area (Å²) in [4.78, 5) is 0. The van der Waals surface area contributed by atoms with E-state index in [9.17, 15) is 13.2 Å². The van der Waals surface area contributed by atoms with Gasteiger partial charge in [0.25, 0.3) is 6.43 Å². The van der Waals surface area contributed by atoms with E-state index in [0.29, 0.717) is 0 Å². The van der Waals surface area contributed by atoms with Crippen LogP contribution in [-0.2, 0) is 12.7 Å². The zero-order valence-electron chi connectivity index (χ0n) is 10.6. The Balaban J connectivity index is 2.21. The highest BCUT2D eigenvalue weighted by molar-refractivity contribution is 5.43. The van der Waals surface area contributed by atoms with Crippen LogP contribution in [0, 0.1) is 6.92 Å². The number of rotatable bonds is 3. The predicted octanol–water partition coefficient (Wildman–Crippen LogP) is 2.81. The van der Waals surface area contributed by atoms with Crippen LogP contribution in [0.5, 0.6) is 0 Å². The first kappa shape index (κ1) is 12.3. The van der Waals surface area contributed by atoms with Gasteiger partial charge >= 0.3 is 0 Å². The molecule has 2 aromatic rings. The number of hydrogen-bond acceptors (Lipinski definition) is 2. The lowest BCUT2D eigenvalue weighted by Crippen LogP contribution is -2.06. The Labute approximate surface area is 107 Å². The fraction of sp³-hybridized carbons (Fsp3) is 0.500. The second-order valence-corrected chi connectivity index (χ2v) is 4.94. The summed E-state index contributed by atoms with van der Waals surface area (Å²) >= 11 is 0. The fourth-order valence-corrected chi connectivity index (χ4v) is 2.21. The lowest BCUT2D eigenvalue weighted by molar-refractivity contribution is 0.146. The molecule has 1 aliphatic rings. The summed E-state index contributed by atoms with van der Waals surface area (Å²) in [6.45, 7) is 1.81. The summed E-state index contributed by atoms with van der Waals surface area (Å²) in [5, 5.41) is 7.96. The first-order valence-corrected chi connectivity index (χ1v) is 5.98. The molecular formula is C12H13F3N4. The molecule has 1 saturated carbocycles. The van der Waals surface area contributed by atoms with Crippen molar-refractivity contribution in [2.24, 2.45) is 7.05 Å². The van der Waals surface area contributed by atoms with Gasteiger partial charge in [-0.3, -0.25) is 4.68 Å². The van der Waals surface area contributed by atoms with Crippen LogP contribution in [0.3, 0.4) is 0 Å². The Bertz CT molecular complexity index is 625. The van der Waals surface area contributed by atoms with Gasteiger partial charge in [0.1, 0.15) is 5.69 Å². The lowest BCUT2D eigenvalue weighted by Gasteiger charge is -2.07. The molecule has 4 nitrogen and oxygen atoms in total. The molecule has 2 heterocycles. The van der Waals surface area contributed by atoms with Gasteiger partial charge in [-0.25, -0.2) is 17.9 Å². The minimum atomic E-state index is -2.78. The molecule has 3 rings (SSSR count). The molecule has 0 aromatic carbocycles. The van der Waals surface area contributed by atoms with E-state index in [1.54, 1.807) is 19.3 Å². The zero-order valence-corrected chi connectivity index (χ0v) is 10.6. The quantitative estimate of drug-likeness (QED) is 0.859. The first-order valence-electron chi connectivity index (χ1n) is 5.98. The van der Waals surface area contributed by atoms with E-state index in [4.69, 9.17) is 0 Å². The summed E-state index contributed by atoms with van der Waals surface area (Å²) in [6, 6.07) is 0. The average molecular weight is 270 g/mol. The lowest BCUT2D eigenvalue weighted by atomic mass is 10.1. The molecule has 0 radical (unpaired) electrons. The second-order valence-electron chi connectivity index (χ2n) is 4.94. The third-order valence-electron chi connectivity index (χ3n) is 3.31. The maximum atomic E-state index is 14.1. The minimum Gasteiger partial charge on any atom is -0.250 e. The molecule has 0 bridgehead atoms. The van der Waals surface area contributed by atoms with Crippen molar-refractivity contribution < 1.29 is 13.2 Å². The molecule has 0 amide bonds. The molecule has 1 aliphatic carbocycles. The third kappa shape index (κ3) is 1.84. The predicted molar refractivity (Wildman–Crippen MR) is 62.0 cm³/mol. The van der Waals surface area contributed by atoms with Crippen molar-refractivity contribution in [2.75, 3.05) is 0 Å². The van der Waals surface area contributed by atoms with E-state index in [2.05, 4.69) is 10.2 Å². The number of hydrogen-bond donors (Lipinski definition) is 0. The molecule has 2 aromatic heterocycles. The van der Waals surface area contributed by atoms with Gasteiger partial charge < -0.3 is 0 Å². The van der Waals surface area contributed by atoms with E-state index in [1.807, 2.05) is 0 Å². The molecule has 19 heavy (non-hydrogen) atoms. The fourth-order valence-electron chi connectivity index (χ4n) is 2.21. The SMILES string of the molecule is Cc1cnn(-c2c(C(F)F)c(C3(F)CC3)nn2C)c1. The maximum absolute atomic E-state index is 14.1. The van der Waals surface area contributed by atoms with E-state index < -0.39 is 12.1 Å². The standard InChI is InChI=1S/C12H13F3N4/c1-7-5-16-19(6-7)11-8(10(13)14)9(17-18(11)2)12(15)3-4-12/h5-6,10H,3-4H2,1-2H3. The Hall–Kier alpha value is -1.79. The van der Waals surface area contributed by atoms with Crippen LogP contribution < -0.4 is 0 Å². The highest BCUT2D eigenvalue weighted by Crippen LogP contribution is 2.52. The van der Waals surface area contributed by atoms with Crippen LogP contribution in [0.15, 0.2) is 12.4 Å². The molecule has 0 atom stereocenters. The Morgan fingerprint density at radius 2 is 2.05 bits per heavy atom. The van der Waals surface area contributed by atoms with Crippen molar-refractivity contribution in [1.82, 2.24) is 19.6 Å². The van der Waals surface area contributed by atoms with Gasteiger partial charge in [-0.05, 0) is 25.3 Å². The second kappa shape index (κ2) is 3.85. The Kier molecular flexibility index (Phi) is 2.48. The van der Waals surface area contributed by atoms with Crippen LogP contribution in [0.2, 0.25) is 0 Å². The molecule has 0 aliphatic heterocycles. The largest absolute Gasteiger partial charge is 0.269 e.